The van der Waals surface area contributed by atoms with E-state index in [4.69, 9.17) is 4.74 Å². The van der Waals surface area contributed by atoms with Crippen molar-refractivity contribution < 1.29 is 23.9 Å². The maximum Gasteiger partial charge on any atom is 0.339 e. The largest absolute Gasteiger partial charge is 0.445 e. The van der Waals surface area contributed by atoms with E-state index in [1.807, 2.05) is 24.3 Å². The summed E-state index contributed by atoms with van der Waals surface area (Å²) >= 11 is 0. The molecule has 0 radical (unpaired) electrons. The van der Waals surface area contributed by atoms with E-state index < -0.39 is 12.1 Å². The standard InChI is InChI=1S/C29H23NO5/c31-25(19-9-3-1-4-10-19)26(20-11-5-2-6-12-20)35-29(34)21-15-17-22(18-16-21)30-27(32)23-13-7-8-14-24(23)28(30)33/h1-12,15-18,23-24,26H,13-14H2/t23-,24-,26+/m0/s1. The number of fused-ring (bicyclic) bond motifs is 1. The van der Waals surface area contributed by atoms with Gasteiger partial charge in [-0.1, -0.05) is 72.8 Å². The summed E-state index contributed by atoms with van der Waals surface area (Å²) in [6.45, 7) is 0. The summed E-state index contributed by atoms with van der Waals surface area (Å²) in [7, 11) is 0. The summed E-state index contributed by atoms with van der Waals surface area (Å²) in [6.07, 6.45) is 3.89. The number of benzene rings is 3. The molecule has 35 heavy (non-hydrogen) atoms. The van der Waals surface area contributed by atoms with E-state index in [0.717, 1.165) is 0 Å². The topological polar surface area (TPSA) is 80.8 Å². The number of nitrogens with zero attached hydrogens (tertiary/aromatic N) is 1. The lowest BCUT2D eigenvalue weighted by Crippen LogP contribution is -2.30. The fourth-order valence-electron chi connectivity index (χ4n) is 4.63. The number of esters is 1. The van der Waals surface area contributed by atoms with Gasteiger partial charge in [0.25, 0.3) is 0 Å². The van der Waals surface area contributed by atoms with E-state index in [-0.39, 0.29) is 35.0 Å². The predicted octanol–water partition coefficient (Wildman–Crippen LogP) is 4.92. The van der Waals surface area contributed by atoms with Gasteiger partial charge in [-0.15, -0.1) is 0 Å². The summed E-state index contributed by atoms with van der Waals surface area (Å²) in [5, 5.41) is 0. The van der Waals surface area contributed by atoms with Crippen molar-refractivity contribution in [2.24, 2.45) is 11.8 Å². The maximum atomic E-state index is 13.2. The smallest absolute Gasteiger partial charge is 0.339 e. The van der Waals surface area contributed by atoms with Gasteiger partial charge in [-0.05, 0) is 37.1 Å². The number of hydrogen-bond donors (Lipinski definition) is 0. The Balaban J connectivity index is 1.36. The lowest BCUT2D eigenvalue weighted by molar-refractivity contribution is -0.122. The molecule has 3 aromatic rings. The van der Waals surface area contributed by atoms with Crippen LogP contribution in [0.4, 0.5) is 5.69 Å². The molecule has 0 unspecified atom stereocenters. The minimum atomic E-state index is -1.11. The van der Waals surface area contributed by atoms with Crippen LogP contribution in [0.15, 0.2) is 97.1 Å². The van der Waals surface area contributed by atoms with Gasteiger partial charge in [0, 0.05) is 11.1 Å². The van der Waals surface area contributed by atoms with E-state index in [0.29, 0.717) is 29.7 Å². The number of carbonyl (C=O) groups is 4. The first kappa shape index (κ1) is 22.5. The van der Waals surface area contributed by atoms with E-state index in [1.54, 1.807) is 60.7 Å². The number of allylic oxidation sites excluding steroid dienone is 2. The molecule has 1 aliphatic heterocycles. The van der Waals surface area contributed by atoms with Gasteiger partial charge < -0.3 is 4.74 Å². The lowest BCUT2D eigenvalue weighted by Gasteiger charge is -2.18. The third kappa shape index (κ3) is 4.30. The van der Waals surface area contributed by atoms with Crippen LogP contribution in [-0.4, -0.2) is 23.6 Å². The number of amides is 2. The summed E-state index contributed by atoms with van der Waals surface area (Å²) in [5.41, 5.74) is 1.64. The Kier molecular flexibility index (Phi) is 6.10. The number of ether oxygens (including phenoxy) is 1. The number of carbonyl (C=O) groups excluding carboxylic acids is 4. The Morgan fingerprint density at radius 2 is 1.26 bits per heavy atom. The van der Waals surface area contributed by atoms with Crippen LogP contribution in [0.1, 0.15) is 45.2 Å². The molecule has 6 heteroatoms. The first-order valence-corrected chi connectivity index (χ1v) is 11.5. The highest BCUT2D eigenvalue weighted by Crippen LogP contribution is 2.37. The van der Waals surface area contributed by atoms with Crippen molar-refractivity contribution in [3.05, 3.63) is 114 Å². The molecule has 3 aromatic carbocycles. The van der Waals surface area contributed by atoms with E-state index in [9.17, 15) is 19.2 Å². The molecule has 3 atom stereocenters. The molecule has 2 amide bonds. The van der Waals surface area contributed by atoms with Gasteiger partial charge in [-0.3, -0.25) is 19.3 Å². The van der Waals surface area contributed by atoms with Gasteiger partial charge in [-0.2, -0.15) is 0 Å². The molecule has 6 nitrogen and oxygen atoms in total. The molecule has 1 fully saturated rings. The van der Waals surface area contributed by atoms with E-state index in [2.05, 4.69) is 0 Å². The Bertz CT molecular complexity index is 1270. The van der Waals surface area contributed by atoms with Crippen molar-refractivity contribution >= 4 is 29.3 Å². The van der Waals surface area contributed by atoms with Crippen LogP contribution < -0.4 is 4.90 Å². The van der Waals surface area contributed by atoms with Gasteiger partial charge in [0.15, 0.2) is 6.10 Å². The third-order valence-electron chi connectivity index (χ3n) is 6.49. The van der Waals surface area contributed by atoms with Crippen LogP contribution in [0, 0.1) is 11.8 Å². The van der Waals surface area contributed by atoms with Crippen LogP contribution in [-0.2, 0) is 14.3 Å². The lowest BCUT2D eigenvalue weighted by atomic mass is 9.85. The Morgan fingerprint density at radius 3 is 1.83 bits per heavy atom. The van der Waals surface area contributed by atoms with Crippen molar-refractivity contribution in [2.45, 2.75) is 18.9 Å². The second-order valence-electron chi connectivity index (χ2n) is 8.64. The number of imide groups is 1. The highest BCUT2D eigenvalue weighted by molar-refractivity contribution is 6.22. The Labute approximate surface area is 202 Å². The summed E-state index contributed by atoms with van der Waals surface area (Å²) in [4.78, 5) is 53.0. The number of Topliss-reactive ketones (excluding diaryl/α,β-unsaturated/α-hetero) is 1. The summed E-state index contributed by atoms with van der Waals surface area (Å²) in [6, 6.07) is 23.7. The van der Waals surface area contributed by atoms with Crippen LogP contribution in [0.2, 0.25) is 0 Å². The SMILES string of the molecule is O=C(O[C@@H](C(=O)c1ccccc1)c1ccccc1)c1ccc(N2C(=O)[C@H]3CC=CC[C@@H]3C2=O)cc1. The summed E-state index contributed by atoms with van der Waals surface area (Å²) < 4.78 is 5.68. The van der Waals surface area contributed by atoms with Crippen molar-refractivity contribution in [3.8, 4) is 0 Å². The molecule has 1 heterocycles. The minimum absolute atomic E-state index is 0.211. The minimum Gasteiger partial charge on any atom is -0.445 e. The molecule has 0 spiro atoms. The molecule has 0 bridgehead atoms. The molecule has 5 rings (SSSR count). The van der Waals surface area contributed by atoms with Gasteiger partial charge in [0.1, 0.15) is 0 Å². The van der Waals surface area contributed by atoms with Crippen molar-refractivity contribution in [2.75, 3.05) is 4.90 Å². The van der Waals surface area contributed by atoms with Gasteiger partial charge in [0.2, 0.25) is 17.6 Å². The highest BCUT2D eigenvalue weighted by atomic mass is 16.5. The zero-order chi connectivity index (χ0) is 24.4. The zero-order valence-corrected chi connectivity index (χ0v) is 18.9. The van der Waals surface area contributed by atoms with Crippen molar-refractivity contribution in [1.82, 2.24) is 0 Å². The first-order valence-electron chi connectivity index (χ1n) is 11.5. The Morgan fingerprint density at radius 1 is 0.714 bits per heavy atom. The van der Waals surface area contributed by atoms with Crippen LogP contribution in [0.3, 0.4) is 0 Å². The normalized spacial score (nSPS) is 19.8. The summed E-state index contributed by atoms with van der Waals surface area (Å²) in [5.74, 6) is -2.08. The molecule has 0 aromatic heterocycles. The maximum absolute atomic E-state index is 13.2. The first-order chi connectivity index (χ1) is 17.0. The van der Waals surface area contributed by atoms with E-state index in [1.165, 1.54) is 17.0 Å². The molecule has 1 saturated heterocycles. The van der Waals surface area contributed by atoms with Crippen molar-refractivity contribution in [1.29, 1.82) is 0 Å². The fourth-order valence-corrected chi connectivity index (χ4v) is 4.63. The average molecular weight is 466 g/mol. The predicted molar refractivity (Wildman–Crippen MR) is 130 cm³/mol. The van der Waals surface area contributed by atoms with Gasteiger partial charge in [-0.25, -0.2) is 4.79 Å². The number of hydrogen-bond acceptors (Lipinski definition) is 5. The van der Waals surface area contributed by atoms with Gasteiger partial charge >= 0.3 is 5.97 Å². The zero-order valence-electron chi connectivity index (χ0n) is 18.9. The fraction of sp³-hybridized carbons (Fsp3) is 0.172. The number of anilines is 1. The molecule has 2 aliphatic rings. The molecular weight excluding hydrogens is 442 g/mol. The molecule has 1 aliphatic carbocycles. The van der Waals surface area contributed by atoms with Crippen LogP contribution in [0.5, 0.6) is 0 Å². The Hall–Kier alpha value is -4.32. The van der Waals surface area contributed by atoms with Crippen LogP contribution >= 0.6 is 0 Å². The van der Waals surface area contributed by atoms with E-state index >= 15 is 0 Å². The quantitative estimate of drug-likeness (QED) is 0.223. The number of ketones is 1. The molecular formula is C29H23NO5. The van der Waals surface area contributed by atoms with Crippen molar-refractivity contribution in [3.63, 3.8) is 0 Å². The van der Waals surface area contributed by atoms with Gasteiger partial charge in [0.05, 0.1) is 23.1 Å². The molecule has 0 saturated carbocycles. The second kappa shape index (κ2) is 9.50. The highest BCUT2D eigenvalue weighted by Gasteiger charge is 2.47. The third-order valence-corrected chi connectivity index (χ3v) is 6.49. The van der Waals surface area contributed by atoms with Crippen LogP contribution in [0.25, 0.3) is 0 Å². The average Bonchev–Trinajstić information content (AvgIpc) is 3.17. The second-order valence-corrected chi connectivity index (χ2v) is 8.64. The monoisotopic (exact) mass is 465 g/mol. The number of rotatable bonds is 6. The molecule has 174 valence electrons. The molecule has 0 N–H and O–H groups in total.